The van der Waals surface area contributed by atoms with Crippen LogP contribution in [-0.4, -0.2) is 22.9 Å². The van der Waals surface area contributed by atoms with Gasteiger partial charge in [0.25, 0.3) is 5.91 Å². The summed E-state index contributed by atoms with van der Waals surface area (Å²) in [6.07, 6.45) is 1.21. The van der Waals surface area contributed by atoms with Crippen molar-refractivity contribution in [2.75, 3.05) is 5.32 Å². The minimum absolute atomic E-state index is 0.120. The summed E-state index contributed by atoms with van der Waals surface area (Å²) in [7, 11) is 0. The van der Waals surface area contributed by atoms with E-state index in [1.54, 1.807) is 18.2 Å². The molecule has 0 radical (unpaired) electrons. The van der Waals surface area contributed by atoms with Crippen molar-refractivity contribution >= 4 is 45.5 Å². The Morgan fingerprint density at radius 3 is 2.76 bits per heavy atom. The molecule has 1 aromatic carbocycles. The van der Waals surface area contributed by atoms with Crippen LogP contribution in [0.3, 0.4) is 0 Å². The van der Waals surface area contributed by atoms with Crippen molar-refractivity contribution in [3.8, 4) is 0 Å². The van der Waals surface area contributed by atoms with Crippen molar-refractivity contribution in [3.63, 3.8) is 0 Å². The molecule has 0 bridgehead atoms. The molecule has 1 N–H and O–H groups in total. The third-order valence-corrected chi connectivity index (χ3v) is 3.42. The number of ether oxygens (including phenoxy) is 1. The van der Waals surface area contributed by atoms with Crippen molar-refractivity contribution in [2.24, 2.45) is 0 Å². The Kier molecular flexibility index (Phi) is 6.07. The smallest absolute Gasteiger partial charge is 0.433 e. The van der Waals surface area contributed by atoms with Crippen LogP contribution in [0.1, 0.15) is 12.7 Å². The molecule has 0 aliphatic heterocycles. The summed E-state index contributed by atoms with van der Waals surface area (Å²) < 4.78 is 10.6. The molecule has 0 spiro atoms. The Morgan fingerprint density at radius 1 is 1.36 bits per heavy atom. The van der Waals surface area contributed by atoms with Gasteiger partial charge in [0.2, 0.25) is 0 Å². The molecular formula is C16H13BrN2O6. The number of hydrogen-bond donors (Lipinski definition) is 1. The Morgan fingerprint density at radius 2 is 2.12 bits per heavy atom. The normalized spacial score (nSPS) is 11.9. The molecule has 1 heterocycles. The largest absolute Gasteiger partial charge is 0.449 e. The summed E-state index contributed by atoms with van der Waals surface area (Å²) in [5.74, 6) is -1.59. The summed E-state index contributed by atoms with van der Waals surface area (Å²) in [5.41, 5.74) is 0.556. The molecule has 0 saturated carbocycles. The van der Waals surface area contributed by atoms with Crippen LogP contribution in [0.25, 0.3) is 6.08 Å². The first kappa shape index (κ1) is 18.4. The lowest BCUT2D eigenvalue weighted by molar-refractivity contribution is -0.402. The number of nitrogens with one attached hydrogen (secondary N) is 1. The molecule has 0 aliphatic carbocycles. The fraction of sp³-hybridized carbons (Fsp3) is 0.125. The van der Waals surface area contributed by atoms with Gasteiger partial charge in [-0.2, -0.15) is 0 Å². The molecule has 0 unspecified atom stereocenters. The first-order chi connectivity index (χ1) is 11.8. The summed E-state index contributed by atoms with van der Waals surface area (Å²) in [6.45, 7) is 1.43. The van der Waals surface area contributed by atoms with Crippen LogP contribution in [0.2, 0.25) is 0 Å². The lowest BCUT2D eigenvalue weighted by Gasteiger charge is -2.12. The third kappa shape index (κ3) is 5.57. The number of furan rings is 1. The summed E-state index contributed by atoms with van der Waals surface area (Å²) in [5, 5.41) is 13.1. The van der Waals surface area contributed by atoms with Crippen molar-refractivity contribution in [1.29, 1.82) is 0 Å². The van der Waals surface area contributed by atoms with Gasteiger partial charge in [-0.25, -0.2) is 4.79 Å². The third-order valence-electron chi connectivity index (χ3n) is 2.93. The van der Waals surface area contributed by atoms with Crippen LogP contribution in [0.5, 0.6) is 0 Å². The van der Waals surface area contributed by atoms with Gasteiger partial charge in [-0.15, -0.1) is 0 Å². The van der Waals surface area contributed by atoms with Gasteiger partial charge >= 0.3 is 11.9 Å². The molecule has 25 heavy (non-hydrogen) atoms. The van der Waals surface area contributed by atoms with Crippen LogP contribution in [0.15, 0.2) is 51.4 Å². The van der Waals surface area contributed by atoms with Crippen LogP contribution in [-0.2, 0) is 14.3 Å². The van der Waals surface area contributed by atoms with E-state index in [-0.39, 0.29) is 5.76 Å². The van der Waals surface area contributed by atoms with Gasteiger partial charge in [0.1, 0.15) is 10.7 Å². The van der Waals surface area contributed by atoms with E-state index in [1.807, 2.05) is 6.07 Å². The van der Waals surface area contributed by atoms with Crippen molar-refractivity contribution in [1.82, 2.24) is 0 Å². The molecule has 1 aromatic heterocycles. The highest BCUT2D eigenvalue weighted by Crippen LogP contribution is 2.17. The number of halogens is 1. The molecule has 1 amide bonds. The molecular weight excluding hydrogens is 396 g/mol. The zero-order valence-corrected chi connectivity index (χ0v) is 14.6. The van der Waals surface area contributed by atoms with Crippen molar-refractivity contribution < 1.29 is 23.7 Å². The molecule has 0 fully saturated rings. The Balaban J connectivity index is 1.89. The number of carbonyl (C=O) groups is 2. The van der Waals surface area contributed by atoms with E-state index in [0.717, 1.165) is 10.5 Å². The second-order valence-corrected chi connectivity index (χ2v) is 5.76. The SMILES string of the molecule is C[C@H](OC(=O)/C=C/c1ccc([N+](=O)[O-])o1)C(=O)Nc1cccc(Br)c1. The zero-order chi connectivity index (χ0) is 18.4. The first-order valence-corrected chi connectivity index (χ1v) is 7.84. The van der Waals surface area contributed by atoms with E-state index >= 15 is 0 Å². The number of anilines is 1. The number of nitro groups is 1. The number of carbonyl (C=O) groups excluding carboxylic acids is 2. The van der Waals surface area contributed by atoms with Crippen LogP contribution in [0, 0.1) is 10.1 Å². The molecule has 0 saturated heterocycles. The Hall–Kier alpha value is -2.94. The maximum absolute atomic E-state index is 12.0. The maximum Gasteiger partial charge on any atom is 0.433 e. The summed E-state index contributed by atoms with van der Waals surface area (Å²) >= 11 is 3.29. The van der Waals surface area contributed by atoms with E-state index in [1.165, 1.54) is 25.1 Å². The quantitative estimate of drug-likeness (QED) is 0.338. The minimum Gasteiger partial charge on any atom is -0.449 e. The highest BCUT2D eigenvalue weighted by molar-refractivity contribution is 9.10. The standard InChI is InChI=1S/C16H13BrN2O6/c1-10(16(21)18-12-4-2-3-11(17)9-12)24-15(20)8-6-13-5-7-14(25-13)19(22)23/h2-10H,1H3,(H,18,21)/b8-6+/t10-/m0/s1. The predicted octanol–water partition coefficient (Wildman–Crippen LogP) is 3.53. The van der Waals surface area contributed by atoms with Gasteiger partial charge in [0.15, 0.2) is 6.10 Å². The number of esters is 1. The van der Waals surface area contributed by atoms with Crippen LogP contribution < -0.4 is 5.32 Å². The molecule has 8 nitrogen and oxygen atoms in total. The van der Waals surface area contributed by atoms with Crippen molar-refractivity contribution in [3.05, 3.63) is 62.8 Å². The average Bonchev–Trinajstić information content (AvgIpc) is 3.02. The molecule has 2 aromatic rings. The van der Waals surface area contributed by atoms with Crippen LogP contribution in [0.4, 0.5) is 11.6 Å². The van der Waals surface area contributed by atoms with E-state index in [0.29, 0.717) is 5.69 Å². The Bertz CT molecular complexity index is 830. The second kappa shape index (κ2) is 8.25. The fourth-order valence-electron chi connectivity index (χ4n) is 1.76. The number of hydrogen-bond acceptors (Lipinski definition) is 6. The van der Waals surface area contributed by atoms with Crippen molar-refractivity contribution in [2.45, 2.75) is 13.0 Å². The maximum atomic E-state index is 12.0. The number of amides is 1. The molecule has 9 heteroatoms. The molecule has 2 rings (SSSR count). The number of benzene rings is 1. The topological polar surface area (TPSA) is 112 Å². The second-order valence-electron chi connectivity index (χ2n) is 4.85. The van der Waals surface area contributed by atoms with Crippen LogP contribution >= 0.6 is 15.9 Å². The van der Waals surface area contributed by atoms with Gasteiger partial charge in [-0.3, -0.25) is 14.9 Å². The average molecular weight is 409 g/mol. The van der Waals surface area contributed by atoms with Gasteiger partial charge in [0.05, 0.1) is 6.07 Å². The highest BCUT2D eigenvalue weighted by atomic mass is 79.9. The summed E-state index contributed by atoms with van der Waals surface area (Å²) in [6, 6.07) is 9.46. The highest BCUT2D eigenvalue weighted by Gasteiger charge is 2.17. The van der Waals surface area contributed by atoms with Gasteiger partial charge in [-0.1, -0.05) is 22.0 Å². The van der Waals surface area contributed by atoms with E-state index in [4.69, 9.17) is 9.15 Å². The fourth-order valence-corrected chi connectivity index (χ4v) is 2.16. The lowest BCUT2D eigenvalue weighted by Crippen LogP contribution is -2.29. The molecule has 130 valence electrons. The Labute approximate surface area is 150 Å². The molecule has 0 aliphatic rings. The summed E-state index contributed by atoms with van der Waals surface area (Å²) in [4.78, 5) is 33.5. The zero-order valence-electron chi connectivity index (χ0n) is 13.0. The minimum atomic E-state index is -1.03. The van der Waals surface area contributed by atoms with E-state index in [2.05, 4.69) is 21.2 Å². The monoisotopic (exact) mass is 408 g/mol. The van der Waals surface area contributed by atoms with Gasteiger partial charge in [-0.05, 0) is 37.3 Å². The van der Waals surface area contributed by atoms with E-state index < -0.39 is 28.8 Å². The van der Waals surface area contributed by atoms with E-state index in [9.17, 15) is 19.7 Å². The predicted molar refractivity (Wildman–Crippen MR) is 92.7 cm³/mol. The lowest BCUT2D eigenvalue weighted by atomic mass is 10.3. The first-order valence-electron chi connectivity index (χ1n) is 7.04. The number of nitrogens with zero attached hydrogens (tertiary/aromatic N) is 1. The van der Waals surface area contributed by atoms with Gasteiger partial charge in [0, 0.05) is 16.2 Å². The molecule has 1 atom stereocenters. The number of rotatable bonds is 6. The van der Waals surface area contributed by atoms with Gasteiger partial charge < -0.3 is 14.5 Å².